The molecule has 0 saturated carbocycles. The number of pyridine rings is 2. The minimum absolute atomic E-state index is 0.362. The van der Waals surface area contributed by atoms with Crippen LogP contribution in [-0.4, -0.2) is 35.8 Å². The summed E-state index contributed by atoms with van der Waals surface area (Å²) in [7, 11) is 0. The van der Waals surface area contributed by atoms with Gasteiger partial charge in [-0.1, -0.05) is 48.2 Å². The number of benzene rings is 2. The summed E-state index contributed by atoms with van der Waals surface area (Å²) in [5.41, 5.74) is 1.95. The molecule has 0 unspecified atom stereocenters. The highest BCUT2D eigenvalue weighted by Gasteiger charge is 2.27. The van der Waals surface area contributed by atoms with Gasteiger partial charge in [0.15, 0.2) is 0 Å². The van der Waals surface area contributed by atoms with Gasteiger partial charge in [0.05, 0.1) is 27.4 Å². The van der Waals surface area contributed by atoms with E-state index < -0.39 is 0 Å². The highest BCUT2D eigenvalue weighted by atomic mass is 32.2. The van der Waals surface area contributed by atoms with E-state index in [9.17, 15) is 4.79 Å². The molecular weight excluding hydrogens is 420 g/mol. The van der Waals surface area contributed by atoms with Crippen LogP contribution in [-0.2, 0) is 4.74 Å². The topological polar surface area (TPSA) is 67.3 Å². The third-order valence-corrected chi connectivity index (χ3v) is 6.47. The molecule has 2 aromatic carbocycles. The molecule has 0 aliphatic carbocycles. The van der Waals surface area contributed by atoms with Crippen LogP contribution in [0.2, 0.25) is 0 Å². The van der Waals surface area contributed by atoms with Crippen LogP contribution in [0.1, 0.15) is 19.8 Å². The normalized spacial score (nSPS) is 12.5. The van der Waals surface area contributed by atoms with Crippen LogP contribution in [0.5, 0.6) is 0 Å². The van der Waals surface area contributed by atoms with E-state index in [0.29, 0.717) is 13.2 Å². The van der Waals surface area contributed by atoms with Gasteiger partial charge in [0.25, 0.3) is 0 Å². The number of unbranched alkanes of at least 4 members (excludes halogenated alkanes) is 1. The van der Waals surface area contributed by atoms with Crippen molar-refractivity contribution in [1.29, 1.82) is 0 Å². The van der Waals surface area contributed by atoms with Crippen molar-refractivity contribution in [3.8, 4) is 0 Å². The predicted octanol–water partition coefficient (Wildman–Crippen LogP) is 5.91. The van der Waals surface area contributed by atoms with Gasteiger partial charge in [-0.2, -0.15) is 0 Å². The van der Waals surface area contributed by atoms with Gasteiger partial charge in [-0.15, -0.1) is 0 Å². The molecule has 3 heterocycles. The molecule has 6 nitrogen and oxygen atoms in total. The molecule has 5 rings (SSSR count). The van der Waals surface area contributed by atoms with E-state index in [0.717, 1.165) is 62.6 Å². The molecule has 1 aliphatic heterocycles. The van der Waals surface area contributed by atoms with Crippen molar-refractivity contribution in [2.75, 3.05) is 24.6 Å². The molecule has 0 fully saturated rings. The summed E-state index contributed by atoms with van der Waals surface area (Å²) >= 11 is 1.73. The van der Waals surface area contributed by atoms with Crippen molar-refractivity contribution in [3.63, 3.8) is 0 Å². The van der Waals surface area contributed by atoms with Crippen LogP contribution < -0.4 is 10.2 Å². The molecule has 0 radical (unpaired) electrons. The minimum atomic E-state index is -0.362. The fourth-order valence-electron chi connectivity index (χ4n) is 3.91. The van der Waals surface area contributed by atoms with Crippen LogP contribution in [0.3, 0.4) is 0 Å². The van der Waals surface area contributed by atoms with Crippen LogP contribution >= 0.6 is 11.8 Å². The molecule has 7 heteroatoms. The standard InChI is InChI=1S/C25H24N4O2S/c1-2-31-25(30)26-13-7-8-14-29-23-21(15-17-9-3-5-11-19(17)27-23)32-22-16-18-10-4-6-12-20(18)28-24(22)29/h3-6,9-12,15-16H,2,7-8,13-14H2,1H3,(H,26,30). The number of aromatic nitrogens is 2. The maximum atomic E-state index is 11.5. The molecule has 162 valence electrons. The van der Waals surface area contributed by atoms with E-state index in [1.807, 2.05) is 36.4 Å². The number of ether oxygens (including phenoxy) is 1. The molecule has 1 aliphatic rings. The van der Waals surface area contributed by atoms with E-state index in [2.05, 4.69) is 34.5 Å². The van der Waals surface area contributed by atoms with E-state index in [1.54, 1.807) is 18.7 Å². The van der Waals surface area contributed by atoms with E-state index in [1.165, 1.54) is 0 Å². The largest absolute Gasteiger partial charge is 0.450 e. The Labute approximate surface area is 191 Å². The average Bonchev–Trinajstić information content (AvgIpc) is 2.81. The number of nitrogens with zero attached hydrogens (tertiary/aromatic N) is 3. The number of rotatable bonds is 6. The number of para-hydroxylation sites is 2. The Kier molecular flexibility index (Phi) is 5.81. The van der Waals surface area contributed by atoms with Gasteiger partial charge in [-0.05, 0) is 44.0 Å². The Morgan fingerprint density at radius 1 is 0.938 bits per heavy atom. The SMILES string of the molecule is CCOC(=O)NCCCCN1c2nc3ccccc3cc2Sc2cc3ccccc3nc21. The molecule has 1 amide bonds. The Morgan fingerprint density at radius 3 is 2.12 bits per heavy atom. The van der Waals surface area contributed by atoms with E-state index in [-0.39, 0.29) is 6.09 Å². The third kappa shape index (κ3) is 4.08. The predicted molar refractivity (Wildman–Crippen MR) is 129 cm³/mol. The van der Waals surface area contributed by atoms with E-state index in [4.69, 9.17) is 14.7 Å². The maximum absolute atomic E-state index is 11.5. The second kappa shape index (κ2) is 9.04. The first kappa shape index (κ1) is 20.6. The van der Waals surface area contributed by atoms with Gasteiger partial charge >= 0.3 is 6.09 Å². The summed E-state index contributed by atoms with van der Waals surface area (Å²) in [5.74, 6) is 1.89. The summed E-state index contributed by atoms with van der Waals surface area (Å²) in [6.07, 6.45) is 1.37. The minimum Gasteiger partial charge on any atom is -0.450 e. The van der Waals surface area contributed by atoms with Gasteiger partial charge in [-0.25, -0.2) is 14.8 Å². The molecule has 4 aromatic rings. The number of carbonyl (C=O) groups is 1. The summed E-state index contributed by atoms with van der Waals surface area (Å²) < 4.78 is 4.93. The van der Waals surface area contributed by atoms with Crippen LogP contribution in [0.4, 0.5) is 16.4 Å². The highest BCUT2D eigenvalue weighted by Crippen LogP contribution is 2.48. The van der Waals surface area contributed by atoms with Crippen LogP contribution in [0, 0.1) is 0 Å². The summed E-state index contributed by atoms with van der Waals surface area (Å²) in [6, 6.07) is 20.8. The molecule has 0 saturated heterocycles. The quantitative estimate of drug-likeness (QED) is 0.373. The van der Waals surface area contributed by atoms with Gasteiger partial charge in [0.2, 0.25) is 0 Å². The number of hydrogen-bond donors (Lipinski definition) is 1. The first-order valence-corrected chi connectivity index (χ1v) is 11.7. The zero-order valence-electron chi connectivity index (χ0n) is 17.9. The fraction of sp³-hybridized carbons (Fsp3) is 0.240. The zero-order valence-corrected chi connectivity index (χ0v) is 18.7. The number of alkyl carbamates (subject to hydrolysis) is 1. The summed E-state index contributed by atoms with van der Waals surface area (Å²) in [5, 5.41) is 5.06. The maximum Gasteiger partial charge on any atom is 0.407 e. The smallest absolute Gasteiger partial charge is 0.407 e. The van der Waals surface area contributed by atoms with Crippen molar-refractivity contribution < 1.29 is 9.53 Å². The number of fused-ring (bicyclic) bond motifs is 4. The van der Waals surface area contributed by atoms with Crippen molar-refractivity contribution in [3.05, 3.63) is 60.7 Å². The Balaban J connectivity index is 1.45. The van der Waals surface area contributed by atoms with Crippen LogP contribution in [0.25, 0.3) is 21.8 Å². The Hall–Kier alpha value is -3.32. The number of hydrogen-bond acceptors (Lipinski definition) is 6. The molecule has 0 atom stereocenters. The van der Waals surface area contributed by atoms with E-state index >= 15 is 0 Å². The summed E-state index contributed by atoms with van der Waals surface area (Å²) in [6.45, 7) is 3.53. The molecule has 0 spiro atoms. The second-order valence-electron chi connectivity index (χ2n) is 7.61. The van der Waals surface area contributed by atoms with Gasteiger partial charge < -0.3 is 15.0 Å². The summed E-state index contributed by atoms with van der Waals surface area (Å²) in [4.78, 5) is 26.0. The number of carbonyl (C=O) groups excluding carboxylic acids is 1. The number of anilines is 2. The lowest BCUT2D eigenvalue weighted by molar-refractivity contribution is 0.152. The fourth-order valence-corrected chi connectivity index (χ4v) is 5.01. The highest BCUT2D eigenvalue weighted by molar-refractivity contribution is 7.99. The lowest BCUT2D eigenvalue weighted by atomic mass is 10.2. The number of amides is 1. The van der Waals surface area contributed by atoms with Gasteiger partial charge in [0.1, 0.15) is 11.6 Å². The monoisotopic (exact) mass is 444 g/mol. The lowest BCUT2D eigenvalue weighted by Gasteiger charge is -2.31. The molecule has 32 heavy (non-hydrogen) atoms. The average molecular weight is 445 g/mol. The van der Waals surface area contributed by atoms with Gasteiger partial charge in [0, 0.05) is 23.9 Å². The number of nitrogens with one attached hydrogen (secondary N) is 1. The van der Waals surface area contributed by atoms with Crippen molar-refractivity contribution >= 4 is 51.3 Å². The first-order chi connectivity index (χ1) is 15.7. The zero-order chi connectivity index (χ0) is 21.9. The Morgan fingerprint density at radius 2 is 1.53 bits per heavy atom. The molecular formula is C25H24N4O2S. The van der Waals surface area contributed by atoms with Crippen molar-refractivity contribution in [2.45, 2.75) is 29.6 Å². The third-order valence-electron chi connectivity index (χ3n) is 5.42. The Bertz CT molecular complexity index is 1210. The molecule has 0 bridgehead atoms. The van der Waals surface area contributed by atoms with Crippen molar-refractivity contribution in [1.82, 2.24) is 15.3 Å². The second-order valence-corrected chi connectivity index (χ2v) is 8.70. The molecule has 1 N–H and O–H groups in total. The molecule has 2 aromatic heterocycles. The lowest BCUT2D eigenvalue weighted by Crippen LogP contribution is -2.27. The van der Waals surface area contributed by atoms with Crippen molar-refractivity contribution in [2.24, 2.45) is 0 Å². The van der Waals surface area contributed by atoms with Gasteiger partial charge in [-0.3, -0.25) is 0 Å². The first-order valence-electron chi connectivity index (χ1n) is 10.9. The van der Waals surface area contributed by atoms with Crippen LogP contribution in [0.15, 0.2) is 70.5 Å².